The summed E-state index contributed by atoms with van der Waals surface area (Å²) in [6.45, 7) is 0.785. The van der Waals surface area contributed by atoms with Gasteiger partial charge in [-0.1, -0.05) is 15.9 Å². The van der Waals surface area contributed by atoms with Crippen LogP contribution in [0.5, 0.6) is 0 Å². The van der Waals surface area contributed by atoms with Gasteiger partial charge in [0.1, 0.15) is 6.04 Å². The summed E-state index contributed by atoms with van der Waals surface area (Å²) >= 11 is 3.39. The van der Waals surface area contributed by atoms with E-state index in [0.29, 0.717) is 6.54 Å². The largest absolute Gasteiger partial charge is 0.312 e. The zero-order valence-electron chi connectivity index (χ0n) is 9.81. The van der Waals surface area contributed by atoms with Crippen molar-refractivity contribution in [1.29, 1.82) is 0 Å². The lowest BCUT2D eigenvalue weighted by molar-refractivity contribution is -0.126. The Balaban J connectivity index is 2.18. The summed E-state index contributed by atoms with van der Waals surface area (Å²) in [6.07, 6.45) is 0. The Labute approximate surface area is 113 Å². The molecule has 1 N–H and O–H groups in total. The van der Waals surface area contributed by atoms with Crippen LogP contribution in [0.25, 0.3) is 0 Å². The third-order valence-electron chi connectivity index (χ3n) is 3.37. The predicted octanol–water partition coefficient (Wildman–Crippen LogP) is 0.730. The molecule has 0 radical (unpaired) electrons. The van der Waals surface area contributed by atoms with Gasteiger partial charge in [0.05, 0.1) is 17.9 Å². The van der Waals surface area contributed by atoms with Gasteiger partial charge in [0.15, 0.2) is 0 Å². The first kappa shape index (κ1) is 11.7. The summed E-state index contributed by atoms with van der Waals surface area (Å²) < 4.78 is 0.891. The fraction of sp³-hybridized carbons (Fsp3) is 0.333. The van der Waals surface area contributed by atoms with Gasteiger partial charge in [-0.15, -0.1) is 0 Å². The average Bonchev–Trinajstić information content (AvgIpc) is 2.36. The Morgan fingerprint density at radius 2 is 2.11 bits per heavy atom. The van der Waals surface area contributed by atoms with E-state index >= 15 is 0 Å². The monoisotopic (exact) mass is 309 g/mol. The Morgan fingerprint density at radius 3 is 2.89 bits per heavy atom. The second-order valence-electron chi connectivity index (χ2n) is 4.44. The summed E-state index contributed by atoms with van der Waals surface area (Å²) in [4.78, 5) is 27.5. The van der Waals surface area contributed by atoms with Crippen molar-refractivity contribution in [2.75, 3.05) is 29.9 Å². The zero-order chi connectivity index (χ0) is 12.9. The van der Waals surface area contributed by atoms with Gasteiger partial charge in [0.2, 0.25) is 5.91 Å². The van der Waals surface area contributed by atoms with E-state index in [-0.39, 0.29) is 18.4 Å². The van der Waals surface area contributed by atoms with E-state index in [2.05, 4.69) is 21.2 Å². The molecule has 2 aliphatic heterocycles. The second kappa shape index (κ2) is 4.07. The molecule has 3 rings (SSSR count). The van der Waals surface area contributed by atoms with E-state index < -0.39 is 6.04 Å². The maximum atomic E-state index is 12.3. The van der Waals surface area contributed by atoms with Crippen LogP contribution < -0.4 is 15.1 Å². The summed E-state index contributed by atoms with van der Waals surface area (Å²) in [5.74, 6) is -0.113. The van der Waals surface area contributed by atoms with Crippen molar-refractivity contribution in [2.24, 2.45) is 0 Å². The van der Waals surface area contributed by atoms with Gasteiger partial charge in [-0.05, 0) is 18.2 Å². The first-order valence-electron chi connectivity index (χ1n) is 5.69. The smallest absolute Gasteiger partial charge is 0.251 e. The standard InChI is InChI=1S/C12H12BrN3O2/c1-15-9-4-7(13)2-3-8(9)16-10(12(15)18)5-14-6-11(16)17/h2-4,10,14H,5-6H2,1H3. The lowest BCUT2D eigenvalue weighted by atomic mass is 10.0. The number of rotatable bonds is 0. The Morgan fingerprint density at radius 1 is 1.33 bits per heavy atom. The van der Waals surface area contributed by atoms with Crippen LogP contribution in [0.4, 0.5) is 11.4 Å². The number of likely N-dealkylation sites (N-methyl/N-ethyl adjacent to an activating group) is 1. The van der Waals surface area contributed by atoms with Crippen LogP contribution >= 0.6 is 15.9 Å². The van der Waals surface area contributed by atoms with Crippen molar-refractivity contribution in [3.8, 4) is 0 Å². The average molecular weight is 310 g/mol. The molecule has 94 valence electrons. The van der Waals surface area contributed by atoms with E-state index in [1.165, 1.54) is 0 Å². The van der Waals surface area contributed by atoms with Crippen LogP contribution in [0.2, 0.25) is 0 Å². The van der Waals surface area contributed by atoms with Crippen molar-refractivity contribution in [3.63, 3.8) is 0 Å². The van der Waals surface area contributed by atoms with Crippen LogP contribution in [0, 0.1) is 0 Å². The number of hydrogen-bond acceptors (Lipinski definition) is 3. The molecule has 0 saturated carbocycles. The van der Waals surface area contributed by atoms with E-state index in [9.17, 15) is 9.59 Å². The minimum atomic E-state index is -0.426. The van der Waals surface area contributed by atoms with E-state index in [1.807, 2.05) is 18.2 Å². The number of amides is 2. The number of carbonyl (C=O) groups is 2. The van der Waals surface area contributed by atoms with Crippen molar-refractivity contribution >= 4 is 39.1 Å². The SMILES string of the molecule is CN1C(=O)C2CNCC(=O)N2c2ccc(Br)cc21. The molecule has 1 aromatic carbocycles. The first-order chi connectivity index (χ1) is 8.59. The highest BCUT2D eigenvalue weighted by molar-refractivity contribution is 9.10. The van der Waals surface area contributed by atoms with Gasteiger partial charge in [-0.25, -0.2) is 0 Å². The minimum Gasteiger partial charge on any atom is -0.312 e. The number of carbonyl (C=O) groups excluding carboxylic acids is 2. The molecular formula is C12H12BrN3O2. The fourth-order valence-corrected chi connectivity index (χ4v) is 2.83. The van der Waals surface area contributed by atoms with Crippen LogP contribution in [-0.2, 0) is 9.59 Å². The summed E-state index contributed by atoms with van der Waals surface area (Å²) in [7, 11) is 1.74. The molecule has 1 fully saturated rings. The number of piperazine rings is 1. The van der Waals surface area contributed by atoms with Gasteiger partial charge in [0, 0.05) is 18.1 Å². The van der Waals surface area contributed by atoms with Gasteiger partial charge < -0.3 is 10.2 Å². The predicted molar refractivity (Wildman–Crippen MR) is 71.7 cm³/mol. The quantitative estimate of drug-likeness (QED) is 0.769. The Bertz CT molecular complexity index is 546. The molecule has 0 aromatic heterocycles. The highest BCUT2D eigenvalue weighted by Gasteiger charge is 2.41. The molecule has 2 amide bonds. The highest BCUT2D eigenvalue weighted by Crippen LogP contribution is 2.37. The summed E-state index contributed by atoms with van der Waals surface area (Å²) in [5.41, 5.74) is 1.57. The molecule has 1 atom stereocenters. The number of anilines is 2. The van der Waals surface area contributed by atoms with Crippen LogP contribution in [0.1, 0.15) is 0 Å². The van der Waals surface area contributed by atoms with E-state index in [4.69, 9.17) is 0 Å². The molecule has 0 spiro atoms. The third-order valence-corrected chi connectivity index (χ3v) is 3.86. The molecule has 5 nitrogen and oxygen atoms in total. The molecule has 6 heteroatoms. The Hall–Kier alpha value is -1.40. The molecule has 2 heterocycles. The number of hydrogen-bond donors (Lipinski definition) is 1. The summed E-state index contributed by atoms with van der Waals surface area (Å²) in [6, 6.07) is 5.19. The lowest BCUT2D eigenvalue weighted by Crippen LogP contribution is -2.63. The molecule has 0 bridgehead atoms. The van der Waals surface area contributed by atoms with E-state index in [0.717, 1.165) is 15.8 Å². The molecule has 2 aliphatic rings. The number of fused-ring (bicyclic) bond motifs is 3. The van der Waals surface area contributed by atoms with Gasteiger partial charge in [0.25, 0.3) is 5.91 Å². The van der Waals surface area contributed by atoms with Crippen molar-refractivity contribution in [2.45, 2.75) is 6.04 Å². The first-order valence-corrected chi connectivity index (χ1v) is 6.49. The molecule has 1 aromatic rings. The minimum absolute atomic E-state index is 0.0545. The Kier molecular flexibility index (Phi) is 2.64. The van der Waals surface area contributed by atoms with Crippen molar-refractivity contribution in [1.82, 2.24) is 5.32 Å². The number of nitrogens with one attached hydrogen (secondary N) is 1. The normalized spacial score (nSPS) is 22.9. The molecule has 1 unspecified atom stereocenters. The van der Waals surface area contributed by atoms with Gasteiger partial charge >= 0.3 is 0 Å². The third kappa shape index (κ3) is 1.56. The number of nitrogens with zero attached hydrogens (tertiary/aromatic N) is 2. The van der Waals surface area contributed by atoms with Crippen LogP contribution in [-0.4, -0.2) is 38.0 Å². The summed E-state index contributed by atoms with van der Waals surface area (Å²) in [5, 5.41) is 2.98. The van der Waals surface area contributed by atoms with Gasteiger partial charge in [-0.2, -0.15) is 0 Å². The van der Waals surface area contributed by atoms with Crippen LogP contribution in [0.3, 0.4) is 0 Å². The zero-order valence-corrected chi connectivity index (χ0v) is 11.4. The molecule has 1 saturated heterocycles. The highest BCUT2D eigenvalue weighted by atomic mass is 79.9. The molecular weight excluding hydrogens is 298 g/mol. The van der Waals surface area contributed by atoms with Crippen LogP contribution in [0.15, 0.2) is 22.7 Å². The number of halogens is 1. The number of benzene rings is 1. The van der Waals surface area contributed by atoms with Crippen molar-refractivity contribution in [3.05, 3.63) is 22.7 Å². The van der Waals surface area contributed by atoms with Crippen molar-refractivity contribution < 1.29 is 9.59 Å². The maximum Gasteiger partial charge on any atom is 0.251 e. The lowest BCUT2D eigenvalue weighted by Gasteiger charge is -2.42. The fourth-order valence-electron chi connectivity index (χ4n) is 2.48. The van der Waals surface area contributed by atoms with E-state index in [1.54, 1.807) is 16.8 Å². The molecule has 0 aliphatic carbocycles. The van der Waals surface area contributed by atoms with Gasteiger partial charge in [-0.3, -0.25) is 14.5 Å². The second-order valence-corrected chi connectivity index (χ2v) is 5.36. The maximum absolute atomic E-state index is 12.3. The topological polar surface area (TPSA) is 52.7 Å². The molecule has 18 heavy (non-hydrogen) atoms.